The first-order chi connectivity index (χ1) is 10.7. The average molecular weight is 321 g/mol. The van der Waals surface area contributed by atoms with Crippen molar-refractivity contribution >= 4 is 22.6 Å². The van der Waals surface area contributed by atoms with Gasteiger partial charge in [-0.05, 0) is 51.1 Å². The van der Waals surface area contributed by atoms with Gasteiger partial charge >= 0.3 is 0 Å². The highest BCUT2D eigenvalue weighted by Gasteiger charge is 2.49. The molecule has 0 N–H and O–H groups in total. The lowest BCUT2D eigenvalue weighted by Gasteiger charge is -2.49. The third kappa shape index (κ3) is 2.80. The number of carbonyl (C=O) groups is 1. The second kappa shape index (κ2) is 6.88. The molecule has 3 aliphatic rings. The fraction of sp³-hybridized carbons (Fsp3) is 0.778. The number of aliphatic imine (C=N–C) groups is 1. The molecule has 2 heterocycles. The number of carbonyl (C=O) groups excluding carboxylic acids is 1. The second-order valence-corrected chi connectivity index (χ2v) is 7.70. The predicted octanol–water partition coefficient (Wildman–Crippen LogP) is 4.04. The van der Waals surface area contributed by atoms with Gasteiger partial charge in [-0.3, -0.25) is 9.69 Å². The average Bonchev–Trinajstić information content (AvgIpc) is 3.01. The van der Waals surface area contributed by atoms with Crippen molar-refractivity contribution in [1.29, 1.82) is 0 Å². The summed E-state index contributed by atoms with van der Waals surface area (Å²) in [6.45, 7) is 4.04. The Morgan fingerprint density at radius 3 is 2.64 bits per heavy atom. The number of thioether (sulfide) groups is 1. The number of allylic oxidation sites excluding steroid dienone is 1. The second-order valence-electron chi connectivity index (χ2n) is 6.91. The van der Waals surface area contributed by atoms with Gasteiger partial charge in [0.1, 0.15) is 5.70 Å². The Bertz CT molecular complexity index is 493. The maximum atomic E-state index is 11.9. The van der Waals surface area contributed by atoms with E-state index in [-0.39, 0.29) is 11.3 Å². The first-order valence-electron chi connectivity index (χ1n) is 8.79. The molecular formula is C18H28N2OS. The number of hydrogen-bond acceptors (Lipinski definition) is 4. The number of hydrogen-bond donors (Lipinski definition) is 0. The molecule has 1 saturated carbocycles. The number of fused-ring (bicyclic) bond motifs is 1. The van der Waals surface area contributed by atoms with Crippen molar-refractivity contribution in [1.82, 2.24) is 4.90 Å². The van der Waals surface area contributed by atoms with Crippen LogP contribution in [0.25, 0.3) is 0 Å². The van der Waals surface area contributed by atoms with Crippen molar-refractivity contribution in [3.05, 3.63) is 11.8 Å². The summed E-state index contributed by atoms with van der Waals surface area (Å²) in [5.41, 5.74) is 0.777. The Morgan fingerprint density at radius 1 is 1.23 bits per heavy atom. The van der Waals surface area contributed by atoms with Crippen molar-refractivity contribution in [2.24, 2.45) is 10.9 Å². The smallest absolute Gasteiger partial charge is 0.177 e. The van der Waals surface area contributed by atoms with Crippen molar-refractivity contribution in [3.63, 3.8) is 0 Å². The number of nitrogens with zero attached hydrogens (tertiary/aromatic N) is 2. The molecule has 22 heavy (non-hydrogen) atoms. The van der Waals surface area contributed by atoms with Gasteiger partial charge in [-0.15, -0.1) is 11.8 Å². The number of ketones is 1. The number of likely N-dealkylation sites (tertiary alicyclic amines) is 1. The Labute approximate surface area is 138 Å². The van der Waals surface area contributed by atoms with Gasteiger partial charge in [0.05, 0.1) is 10.6 Å². The molecule has 1 aliphatic carbocycles. The molecule has 3 rings (SSSR count). The van der Waals surface area contributed by atoms with E-state index in [2.05, 4.69) is 17.2 Å². The van der Waals surface area contributed by atoms with Gasteiger partial charge in [-0.25, -0.2) is 4.99 Å². The van der Waals surface area contributed by atoms with E-state index in [4.69, 9.17) is 4.99 Å². The normalized spacial score (nSPS) is 33.5. The van der Waals surface area contributed by atoms with Gasteiger partial charge in [0.2, 0.25) is 0 Å². The van der Waals surface area contributed by atoms with Crippen LogP contribution in [0.1, 0.15) is 58.3 Å². The highest BCUT2D eigenvalue weighted by molar-refractivity contribution is 8.13. The lowest BCUT2D eigenvalue weighted by molar-refractivity contribution is -0.113. The van der Waals surface area contributed by atoms with Gasteiger partial charge in [0.15, 0.2) is 5.78 Å². The SMILES string of the molecule is CSC1=NC(C(C)=O)=C[C@H]2CCCCCC[C@@]12N1CCCC1. The minimum absolute atomic E-state index is 0.0787. The Hall–Kier alpha value is -0.610. The summed E-state index contributed by atoms with van der Waals surface area (Å²) in [5, 5.41) is 1.20. The van der Waals surface area contributed by atoms with Crippen LogP contribution in [0, 0.1) is 5.92 Å². The van der Waals surface area contributed by atoms with E-state index in [0.29, 0.717) is 11.6 Å². The standard InChI is InChI=1S/C18H28N2OS/c1-14(21)16-13-15-9-5-3-4-6-10-18(15,17(19-16)22-2)20-11-7-8-12-20/h13,15H,3-12H2,1-2H3/t15-,18+/m1/s1. The predicted molar refractivity (Wildman–Crippen MR) is 94.4 cm³/mol. The monoisotopic (exact) mass is 320 g/mol. The van der Waals surface area contributed by atoms with E-state index in [1.54, 1.807) is 18.7 Å². The quantitative estimate of drug-likeness (QED) is 0.770. The third-order valence-corrected chi connectivity index (χ3v) is 6.44. The molecule has 4 heteroatoms. The molecule has 3 nitrogen and oxygen atoms in total. The summed E-state index contributed by atoms with van der Waals surface area (Å²) >= 11 is 1.77. The highest BCUT2D eigenvalue weighted by atomic mass is 32.2. The fourth-order valence-electron chi connectivity index (χ4n) is 4.52. The van der Waals surface area contributed by atoms with Gasteiger partial charge in [0.25, 0.3) is 0 Å². The van der Waals surface area contributed by atoms with Crippen molar-refractivity contribution in [3.8, 4) is 0 Å². The van der Waals surface area contributed by atoms with E-state index < -0.39 is 0 Å². The van der Waals surface area contributed by atoms with E-state index in [1.807, 2.05) is 0 Å². The molecule has 2 fully saturated rings. The molecule has 0 unspecified atom stereocenters. The zero-order chi connectivity index (χ0) is 15.6. The molecule has 2 aliphatic heterocycles. The van der Waals surface area contributed by atoms with Crippen LogP contribution in [0.5, 0.6) is 0 Å². The molecule has 0 radical (unpaired) electrons. The minimum atomic E-state index is 0.0787. The van der Waals surface area contributed by atoms with Crippen LogP contribution in [0.2, 0.25) is 0 Å². The summed E-state index contributed by atoms with van der Waals surface area (Å²) in [6, 6.07) is 0. The molecule has 122 valence electrons. The van der Waals surface area contributed by atoms with Crippen LogP contribution in [0.3, 0.4) is 0 Å². The van der Waals surface area contributed by atoms with Gasteiger partial charge < -0.3 is 0 Å². The molecule has 0 aromatic carbocycles. The van der Waals surface area contributed by atoms with Crippen molar-refractivity contribution < 1.29 is 4.79 Å². The number of rotatable bonds is 2. The summed E-state index contributed by atoms with van der Waals surface area (Å²) in [5.74, 6) is 0.577. The molecule has 0 bridgehead atoms. The number of Topliss-reactive ketones (excluding diaryl/α,β-unsaturated/α-hetero) is 1. The minimum Gasteiger partial charge on any atom is -0.293 e. The maximum Gasteiger partial charge on any atom is 0.177 e. The third-order valence-electron chi connectivity index (χ3n) is 5.61. The van der Waals surface area contributed by atoms with E-state index >= 15 is 0 Å². The Balaban J connectivity index is 2.04. The summed E-state index contributed by atoms with van der Waals surface area (Å²) in [7, 11) is 0. The van der Waals surface area contributed by atoms with Crippen LogP contribution in [-0.2, 0) is 4.79 Å². The zero-order valence-corrected chi connectivity index (χ0v) is 14.8. The molecular weight excluding hydrogens is 292 g/mol. The molecule has 0 aromatic rings. The van der Waals surface area contributed by atoms with Gasteiger partial charge in [-0.1, -0.05) is 25.7 Å². The van der Waals surface area contributed by atoms with Crippen LogP contribution in [-0.4, -0.2) is 40.6 Å². The molecule has 0 spiro atoms. The Morgan fingerprint density at radius 2 is 1.95 bits per heavy atom. The largest absolute Gasteiger partial charge is 0.293 e. The molecule has 0 aromatic heterocycles. The first-order valence-corrected chi connectivity index (χ1v) is 10.0. The maximum absolute atomic E-state index is 11.9. The molecule has 1 saturated heterocycles. The Kier molecular flexibility index (Phi) is 5.08. The van der Waals surface area contributed by atoms with E-state index in [9.17, 15) is 4.79 Å². The fourth-order valence-corrected chi connectivity index (χ4v) is 5.45. The van der Waals surface area contributed by atoms with Crippen LogP contribution in [0.4, 0.5) is 0 Å². The van der Waals surface area contributed by atoms with Crippen LogP contribution < -0.4 is 0 Å². The van der Waals surface area contributed by atoms with E-state index in [1.165, 1.54) is 69.5 Å². The van der Waals surface area contributed by atoms with Gasteiger partial charge in [0, 0.05) is 12.8 Å². The lowest BCUT2D eigenvalue weighted by atomic mass is 9.72. The van der Waals surface area contributed by atoms with E-state index in [0.717, 1.165) is 0 Å². The lowest BCUT2D eigenvalue weighted by Crippen LogP contribution is -2.58. The van der Waals surface area contributed by atoms with Crippen molar-refractivity contribution in [2.45, 2.75) is 63.8 Å². The van der Waals surface area contributed by atoms with Crippen LogP contribution in [0.15, 0.2) is 16.8 Å². The summed E-state index contributed by atoms with van der Waals surface area (Å²) in [6.07, 6.45) is 14.6. The zero-order valence-electron chi connectivity index (χ0n) is 13.9. The highest BCUT2D eigenvalue weighted by Crippen LogP contribution is 2.45. The van der Waals surface area contributed by atoms with Gasteiger partial charge in [-0.2, -0.15) is 0 Å². The first kappa shape index (κ1) is 16.3. The summed E-state index contributed by atoms with van der Waals surface area (Å²) in [4.78, 5) is 19.4. The topological polar surface area (TPSA) is 32.7 Å². The van der Waals surface area contributed by atoms with Crippen LogP contribution >= 0.6 is 11.8 Å². The van der Waals surface area contributed by atoms with Crippen molar-refractivity contribution in [2.75, 3.05) is 19.3 Å². The summed E-state index contributed by atoms with van der Waals surface area (Å²) < 4.78 is 0. The molecule has 2 atom stereocenters. The molecule has 0 amide bonds.